The van der Waals surface area contributed by atoms with E-state index in [1.54, 1.807) is 7.11 Å². The lowest BCUT2D eigenvalue weighted by atomic mass is 10.1. The van der Waals surface area contributed by atoms with Gasteiger partial charge in [-0.1, -0.05) is 12.1 Å². The van der Waals surface area contributed by atoms with Crippen molar-refractivity contribution in [3.05, 3.63) is 48.5 Å². The number of nitrogens with one attached hydrogen (secondary N) is 2. The molecule has 3 rings (SSSR count). The Hall–Kier alpha value is -1.81. The van der Waals surface area contributed by atoms with Gasteiger partial charge in [0.05, 0.1) is 26.0 Å². The Labute approximate surface area is 197 Å². The van der Waals surface area contributed by atoms with Gasteiger partial charge >= 0.3 is 0 Å². The highest BCUT2D eigenvalue weighted by Gasteiger charge is 2.23. The number of aliphatic imine (C=N–C) groups is 1. The number of rotatable bonds is 10. The number of imidazole rings is 1. The predicted molar refractivity (Wildman–Crippen MR) is 133 cm³/mol. The zero-order valence-corrected chi connectivity index (χ0v) is 20.4. The monoisotopic (exact) mass is 526 g/mol. The molecule has 166 valence electrons. The largest absolute Gasteiger partial charge is 0.497 e. The molecule has 1 aromatic carbocycles. The normalized spacial score (nSPS) is 15.5. The van der Waals surface area contributed by atoms with Crippen molar-refractivity contribution >= 4 is 29.9 Å². The molecule has 1 aliphatic heterocycles. The van der Waals surface area contributed by atoms with Gasteiger partial charge in [0.1, 0.15) is 5.75 Å². The number of ether oxygens (including phenoxy) is 1. The van der Waals surface area contributed by atoms with E-state index in [0.29, 0.717) is 0 Å². The van der Waals surface area contributed by atoms with Crippen LogP contribution in [0.3, 0.4) is 0 Å². The van der Waals surface area contributed by atoms with E-state index in [2.05, 4.69) is 50.2 Å². The molecule has 1 aliphatic rings. The second-order valence-corrected chi connectivity index (χ2v) is 7.34. The summed E-state index contributed by atoms with van der Waals surface area (Å²) in [5.41, 5.74) is 1.27. The van der Waals surface area contributed by atoms with Crippen LogP contribution in [0.4, 0.5) is 0 Å². The van der Waals surface area contributed by atoms with E-state index in [1.807, 2.05) is 24.8 Å². The third kappa shape index (κ3) is 7.46. The van der Waals surface area contributed by atoms with Crippen LogP contribution in [0.5, 0.6) is 5.75 Å². The molecule has 7 nitrogen and oxygen atoms in total. The van der Waals surface area contributed by atoms with E-state index in [4.69, 9.17) is 9.73 Å². The van der Waals surface area contributed by atoms with E-state index in [1.165, 1.54) is 18.4 Å². The summed E-state index contributed by atoms with van der Waals surface area (Å²) in [5, 5.41) is 6.84. The average molecular weight is 526 g/mol. The topological polar surface area (TPSA) is 66.7 Å². The maximum atomic E-state index is 5.44. The van der Waals surface area contributed by atoms with Crippen LogP contribution < -0.4 is 15.4 Å². The first-order valence-electron chi connectivity index (χ1n) is 10.7. The summed E-state index contributed by atoms with van der Waals surface area (Å²) < 4.78 is 7.54. The number of hydrogen-bond acceptors (Lipinski definition) is 4. The van der Waals surface area contributed by atoms with Gasteiger partial charge in [-0.25, -0.2) is 4.98 Å². The van der Waals surface area contributed by atoms with Gasteiger partial charge in [0.25, 0.3) is 0 Å². The lowest BCUT2D eigenvalue weighted by Gasteiger charge is -2.27. The van der Waals surface area contributed by atoms with Crippen molar-refractivity contribution < 1.29 is 4.74 Å². The van der Waals surface area contributed by atoms with Crippen molar-refractivity contribution in [3.63, 3.8) is 0 Å². The maximum Gasteiger partial charge on any atom is 0.191 e. The Morgan fingerprint density at radius 3 is 2.80 bits per heavy atom. The summed E-state index contributed by atoms with van der Waals surface area (Å²) >= 11 is 0. The number of hydrogen-bond donors (Lipinski definition) is 2. The first-order valence-corrected chi connectivity index (χ1v) is 10.7. The highest BCUT2D eigenvalue weighted by atomic mass is 127. The van der Waals surface area contributed by atoms with Gasteiger partial charge < -0.3 is 19.9 Å². The van der Waals surface area contributed by atoms with E-state index >= 15 is 0 Å². The fourth-order valence-electron chi connectivity index (χ4n) is 3.74. The number of nitrogens with zero attached hydrogens (tertiary/aromatic N) is 4. The Balaban J connectivity index is 0.00000320. The zero-order chi connectivity index (χ0) is 20.3. The maximum absolute atomic E-state index is 5.44. The summed E-state index contributed by atoms with van der Waals surface area (Å²) in [7, 11) is 1.72. The number of benzene rings is 1. The summed E-state index contributed by atoms with van der Waals surface area (Å²) in [6.07, 6.45) is 9.21. The number of halogens is 1. The van der Waals surface area contributed by atoms with Crippen LogP contribution in [0.1, 0.15) is 37.8 Å². The number of guanidine groups is 1. The van der Waals surface area contributed by atoms with E-state index in [0.717, 1.165) is 57.4 Å². The fourth-order valence-corrected chi connectivity index (χ4v) is 3.74. The first kappa shape index (κ1) is 24.5. The SMILES string of the molecule is CCNC(=NCC(c1cccc(OC)c1)N1CCCC1)NCCCn1ccnc1.I. The molecule has 1 aromatic heterocycles. The first-order chi connectivity index (χ1) is 14.3. The second kappa shape index (κ2) is 13.5. The van der Waals surface area contributed by atoms with Gasteiger partial charge in [-0.05, 0) is 57.0 Å². The van der Waals surface area contributed by atoms with Crippen molar-refractivity contribution in [2.45, 2.75) is 38.8 Å². The molecule has 2 N–H and O–H groups in total. The predicted octanol–water partition coefficient (Wildman–Crippen LogP) is 3.29. The quantitative estimate of drug-likeness (QED) is 0.215. The summed E-state index contributed by atoms with van der Waals surface area (Å²) in [4.78, 5) is 11.5. The Kier molecular flexibility index (Phi) is 11.0. The molecule has 0 aliphatic carbocycles. The Bertz CT molecular complexity index is 746. The molecule has 0 saturated carbocycles. The third-order valence-electron chi connectivity index (χ3n) is 5.27. The van der Waals surface area contributed by atoms with Crippen LogP contribution in [-0.4, -0.2) is 60.2 Å². The molecule has 1 unspecified atom stereocenters. The van der Waals surface area contributed by atoms with E-state index in [9.17, 15) is 0 Å². The second-order valence-electron chi connectivity index (χ2n) is 7.34. The van der Waals surface area contributed by atoms with Crippen molar-refractivity contribution in [2.24, 2.45) is 4.99 Å². The molecule has 0 amide bonds. The van der Waals surface area contributed by atoms with Crippen LogP contribution in [0.2, 0.25) is 0 Å². The Morgan fingerprint density at radius 2 is 2.10 bits per heavy atom. The Morgan fingerprint density at radius 1 is 1.27 bits per heavy atom. The smallest absolute Gasteiger partial charge is 0.191 e. The van der Waals surface area contributed by atoms with Gasteiger partial charge in [0, 0.05) is 32.0 Å². The third-order valence-corrected chi connectivity index (χ3v) is 5.27. The van der Waals surface area contributed by atoms with Gasteiger partial charge in [-0.3, -0.25) is 9.89 Å². The standard InChI is InChI=1S/C22H34N6O.HI/c1-3-24-22(25-10-7-12-27-15-11-23-18-27)26-17-21(28-13-4-5-14-28)19-8-6-9-20(16-19)29-2;/h6,8-9,11,15-16,18,21H,3-5,7,10,12-14,17H2,1-2H3,(H2,24,25,26);1H. The molecule has 0 spiro atoms. The number of methoxy groups -OCH3 is 1. The molecule has 1 saturated heterocycles. The number of aromatic nitrogens is 2. The molecule has 1 fully saturated rings. The molecule has 2 aromatic rings. The highest BCUT2D eigenvalue weighted by Crippen LogP contribution is 2.27. The van der Waals surface area contributed by atoms with Crippen LogP contribution >= 0.6 is 24.0 Å². The molecule has 1 atom stereocenters. The molecule has 2 heterocycles. The van der Waals surface area contributed by atoms with Crippen molar-refractivity contribution in [1.29, 1.82) is 0 Å². The minimum atomic E-state index is 0. The highest BCUT2D eigenvalue weighted by molar-refractivity contribution is 14.0. The minimum Gasteiger partial charge on any atom is -0.497 e. The fraction of sp³-hybridized carbons (Fsp3) is 0.545. The van der Waals surface area contributed by atoms with E-state index < -0.39 is 0 Å². The van der Waals surface area contributed by atoms with Gasteiger partial charge in [0.15, 0.2) is 5.96 Å². The summed E-state index contributed by atoms with van der Waals surface area (Å²) in [6.45, 7) is 7.76. The minimum absolute atomic E-state index is 0. The average Bonchev–Trinajstić information content (AvgIpc) is 3.46. The summed E-state index contributed by atoms with van der Waals surface area (Å²) in [6, 6.07) is 8.67. The molecular formula is C22H35IN6O. The molecule has 0 radical (unpaired) electrons. The lowest BCUT2D eigenvalue weighted by Crippen LogP contribution is -2.39. The van der Waals surface area contributed by atoms with E-state index in [-0.39, 0.29) is 30.0 Å². The summed E-state index contributed by atoms with van der Waals surface area (Å²) in [5.74, 6) is 1.78. The molecule has 30 heavy (non-hydrogen) atoms. The van der Waals surface area contributed by atoms with Crippen molar-refractivity contribution in [3.8, 4) is 5.75 Å². The van der Waals surface area contributed by atoms with Crippen LogP contribution in [0, 0.1) is 0 Å². The van der Waals surface area contributed by atoms with Gasteiger partial charge in [-0.2, -0.15) is 0 Å². The van der Waals surface area contributed by atoms with Crippen molar-refractivity contribution in [2.75, 3.05) is 39.8 Å². The molecule has 0 bridgehead atoms. The number of aryl methyl sites for hydroxylation is 1. The molecular weight excluding hydrogens is 491 g/mol. The zero-order valence-electron chi connectivity index (χ0n) is 18.1. The van der Waals surface area contributed by atoms with Crippen molar-refractivity contribution in [1.82, 2.24) is 25.1 Å². The lowest BCUT2D eigenvalue weighted by molar-refractivity contribution is 0.251. The van der Waals surface area contributed by atoms with Gasteiger partial charge in [0.2, 0.25) is 0 Å². The van der Waals surface area contributed by atoms with Crippen LogP contribution in [0.25, 0.3) is 0 Å². The number of likely N-dealkylation sites (tertiary alicyclic amines) is 1. The van der Waals surface area contributed by atoms with Crippen LogP contribution in [0.15, 0.2) is 48.0 Å². The van der Waals surface area contributed by atoms with Gasteiger partial charge in [-0.15, -0.1) is 24.0 Å². The van der Waals surface area contributed by atoms with Crippen LogP contribution in [-0.2, 0) is 6.54 Å². The molecule has 8 heteroatoms.